The van der Waals surface area contributed by atoms with Crippen molar-refractivity contribution in [2.75, 3.05) is 26.8 Å². The van der Waals surface area contributed by atoms with Crippen molar-refractivity contribution in [1.29, 1.82) is 0 Å². The first-order valence-corrected chi connectivity index (χ1v) is 7.15. The number of benzene rings is 1. The van der Waals surface area contributed by atoms with Crippen LogP contribution in [-0.2, 0) is 4.74 Å². The van der Waals surface area contributed by atoms with Gasteiger partial charge in [0.15, 0.2) is 0 Å². The molecule has 0 radical (unpaired) electrons. The molecule has 106 valence electrons. The molecule has 0 bridgehead atoms. The Balaban J connectivity index is 1.75. The minimum atomic E-state index is 0.0988. The first-order valence-electron chi connectivity index (χ1n) is 7.15. The average Bonchev–Trinajstić information content (AvgIpc) is 2.96. The van der Waals surface area contributed by atoms with E-state index in [1.165, 1.54) is 0 Å². The van der Waals surface area contributed by atoms with Crippen molar-refractivity contribution in [1.82, 2.24) is 9.88 Å². The van der Waals surface area contributed by atoms with Gasteiger partial charge in [0.05, 0.1) is 0 Å². The topological polar surface area (TPSA) is 45.3 Å². The predicted octanol–water partition coefficient (Wildman–Crippen LogP) is 2.67. The van der Waals surface area contributed by atoms with Gasteiger partial charge in [0, 0.05) is 49.5 Å². The molecule has 0 unspecified atom stereocenters. The van der Waals surface area contributed by atoms with E-state index in [-0.39, 0.29) is 5.91 Å². The van der Waals surface area contributed by atoms with Crippen LogP contribution in [0.25, 0.3) is 10.9 Å². The highest BCUT2D eigenvalue weighted by Crippen LogP contribution is 2.21. The lowest BCUT2D eigenvalue weighted by Gasteiger charge is -2.27. The van der Waals surface area contributed by atoms with Crippen molar-refractivity contribution in [2.45, 2.75) is 12.8 Å². The van der Waals surface area contributed by atoms with E-state index in [2.05, 4.69) is 4.98 Å². The molecule has 0 spiro atoms. The van der Waals surface area contributed by atoms with E-state index in [0.29, 0.717) is 5.92 Å². The molecule has 20 heavy (non-hydrogen) atoms. The number of carbonyl (C=O) groups is 1. The Morgan fingerprint density at radius 2 is 2.15 bits per heavy atom. The van der Waals surface area contributed by atoms with Crippen LogP contribution in [0.2, 0.25) is 0 Å². The van der Waals surface area contributed by atoms with Crippen molar-refractivity contribution >= 4 is 16.8 Å². The van der Waals surface area contributed by atoms with E-state index in [9.17, 15) is 4.79 Å². The zero-order valence-electron chi connectivity index (χ0n) is 11.8. The summed E-state index contributed by atoms with van der Waals surface area (Å²) in [5.41, 5.74) is 1.79. The van der Waals surface area contributed by atoms with Crippen molar-refractivity contribution in [2.24, 2.45) is 5.92 Å². The summed E-state index contributed by atoms with van der Waals surface area (Å²) >= 11 is 0. The second kappa shape index (κ2) is 5.67. The lowest BCUT2D eigenvalue weighted by Crippen LogP contribution is -2.34. The van der Waals surface area contributed by atoms with Crippen LogP contribution in [0.4, 0.5) is 0 Å². The van der Waals surface area contributed by atoms with Crippen LogP contribution in [0.5, 0.6) is 0 Å². The normalized spacial score (nSPS) is 16.4. The Bertz CT molecular complexity index is 599. The molecule has 0 atom stereocenters. The molecule has 4 heteroatoms. The van der Waals surface area contributed by atoms with E-state index in [4.69, 9.17) is 4.74 Å². The number of nitrogens with zero attached hydrogens (tertiary/aromatic N) is 1. The monoisotopic (exact) mass is 272 g/mol. The van der Waals surface area contributed by atoms with Crippen LogP contribution < -0.4 is 0 Å². The van der Waals surface area contributed by atoms with E-state index in [1.54, 1.807) is 0 Å². The fourth-order valence-corrected chi connectivity index (χ4v) is 2.88. The third kappa shape index (κ3) is 2.56. The molecular weight excluding hydrogens is 252 g/mol. The lowest BCUT2D eigenvalue weighted by atomic mass is 9.99. The minimum Gasteiger partial charge on any atom is -0.381 e. The molecule has 1 N–H and O–H groups in total. The molecule has 1 aromatic heterocycles. The number of H-pyrrole nitrogens is 1. The molecule has 1 aliphatic rings. The van der Waals surface area contributed by atoms with E-state index >= 15 is 0 Å². The van der Waals surface area contributed by atoms with E-state index in [1.807, 2.05) is 42.4 Å². The first-order chi connectivity index (χ1) is 9.75. The Hall–Kier alpha value is -1.81. The number of carbonyl (C=O) groups excluding carboxylic acids is 1. The van der Waals surface area contributed by atoms with Crippen LogP contribution in [0.1, 0.15) is 23.2 Å². The Labute approximate surface area is 118 Å². The van der Waals surface area contributed by atoms with E-state index in [0.717, 1.165) is 49.1 Å². The summed E-state index contributed by atoms with van der Waals surface area (Å²) in [6, 6.07) is 7.78. The van der Waals surface area contributed by atoms with Gasteiger partial charge < -0.3 is 14.6 Å². The number of aromatic nitrogens is 1. The molecule has 0 aliphatic carbocycles. The molecule has 3 rings (SSSR count). The van der Waals surface area contributed by atoms with Gasteiger partial charge in [-0.15, -0.1) is 0 Å². The molecule has 2 aromatic rings. The maximum absolute atomic E-state index is 12.6. The summed E-state index contributed by atoms with van der Waals surface area (Å²) < 4.78 is 5.37. The first kappa shape index (κ1) is 13.2. The van der Waals surface area contributed by atoms with Gasteiger partial charge in [0.1, 0.15) is 0 Å². The number of nitrogens with one attached hydrogen (secondary N) is 1. The van der Waals surface area contributed by atoms with Gasteiger partial charge in [-0.3, -0.25) is 4.79 Å². The zero-order valence-corrected chi connectivity index (χ0v) is 11.8. The number of ether oxygens (including phenoxy) is 1. The van der Waals surface area contributed by atoms with Crippen molar-refractivity contribution in [3.05, 3.63) is 36.0 Å². The van der Waals surface area contributed by atoms with Gasteiger partial charge in [0.25, 0.3) is 5.91 Å². The smallest absolute Gasteiger partial charge is 0.254 e. The molecule has 1 aliphatic heterocycles. The molecule has 4 nitrogen and oxygen atoms in total. The Kier molecular flexibility index (Phi) is 3.74. The van der Waals surface area contributed by atoms with Crippen LogP contribution in [0, 0.1) is 5.92 Å². The highest BCUT2D eigenvalue weighted by Gasteiger charge is 2.20. The molecule has 2 heterocycles. The van der Waals surface area contributed by atoms with Crippen molar-refractivity contribution < 1.29 is 9.53 Å². The summed E-state index contributed by atoms with van der Waals surface area (Å²) in [5, 5.41) is 0.997. The summed E-state index contributed by atoms with van der Waals surface area (Å²) in [6.07, 6.45) is 3.97. The molecule has 1 amide bonds. The predicted molar refractivity (Wildman–Crippen MR) is 78.8 cm³/mol. The number of aromatic amines is 1. The van der Waals surface area contributed by atoms with Crippen LogP contribution in [0.15, 0.2) is 30.5 Å². The number of rotatable bonds is 3. The minimum absolute atomic E-state index is 0.0988. The van der Waals surface area contributed by atoms with Crippen molar-refractivity contribution in [3.63, 3.8) is 0 Å². The van der Waals surface area contributed by atoms with Gasteiger partial charge in [-0.2, -0.15) is 0 Å². The van der Waals surface area contributed by atoms with Crippen LogP contribution in [0.3, 0.4) is 0 Å². The average molecular weight is 272 g/mol. The number of hydrogen-bond donors (Lipinski definition) is 1. The highest BCUT2D eigenvalue weighted by molar-refractivity contribution is 6.06. The van der Waals surface area contributed by atoms with Gasteiger partial charge in [-0.25, -0.2) is 0 Å². The van der Waals surface area contributed by atoms with Gasteiger partial charge in [-0.05, 0) is 37.0 Å². The standard InChI is InChI=1S/C16H20N2O2/c1-18(11-12-6-9-20-10-7-12)16(19)14-3-2-4-15-13(14)5-8-17-15/h2-5,8,12,17H,6-7,9-11H2,1H3. The molecule has 1 aromatic carbocycles. The fourth-order valence-electron chi connectivity index (χ4n) is 2.88. The molecule has 0 saturated carbocycles. The summed E-state index contributed by atoms with van der Waals surface area (Å²) in [6.45, 7) is 2.45. The maximum Gasteiger partial charge on any atom is 0.254 e. The molecular formula is C16H20N2O2. The Morgan fingerprint density at radius 1 is 1.35 bits per heavy atom. The largest absolute Gasteiger partial charge is 0.381 e. The van der Waals surface area contributed by atoms with Crippen LogP contribution >= 0.6 is 0 Å². The summed E-state index contributed by atoms with van der Waals surface area (Å²) in [4.78, 5) is 17.6. The number of fused-ring (bicyclic) bond motifs is 1. The van der Waals surface area contributed by atoms with Gasteiger partial charge >= 0.3 is 0 Å². The molecule has 1 saturated heterocycles. The zero-order chi connectivity index (χ0) is 13.9. The van der Waals surface area contributed by atoms with E-state index < -0.39 is 0 Å². The maximum atomic E-state index is 12.6. The van der Waals surface area contributed by atoms with Crippen LogP contribution in [-0.4, -0.2) is 42.6 Å². The number of amides is 1. The quantitative estimate of drug-likeness (QED) is 0.933. The summed E-state index contributed by atoms with van der Waals surface area (Å²) in [5.74, 6) is 0.657. The second-order valence-corrected chi connectivity index (χ2v) is 5.49. The van der Waals surface area contributed by atoms with Gasteiger partial charge in [-0.1, -0.05) is 6.07 Å². The third-order valence-corrected chi connectivity index (χ3v) is 4.04. The van der Waals surface area contributed by atoms with Crippen molar-refractivity contribution in [3.8, 4) is 0 Å². The SMILES string of the molecule is CN(CC1CCOCC1)C(=O)c1cccc2[nH]ccc12. The fraction of sp³-hybridized carbons (Fsp3) is 0.438. The number of hydrogen-bond acceptors (Lipinski definition) is 2. The Morgan fingerprint density at radius 3 is 2.95 bits per heavy atom. The highest BCUT2D eigenvalue weighted by atomic mass is 16.5. The third-order valence-electron chi connectivity index (χ3n) is 4.04. The molecule has 1 fully saturated rings. The van der Waals surface area contributed by atoms with Gasteiger partial charge in [0.2, 0.25) is 0 Å². The second-order valence-electron chi connectivity index (χ2n) is 5.49. The lowest BCUT2D eigenvalue weighted by molar-refractivity contribution is 0.0498. The summed E-state index contributed by atoms with van der Waals surface area (Å²) in [7, 11) is 1.89.